The molecule has 5 nitrogen and oxygen atoms in total. The Bertz CT molecular complexity index is 1050. The van der Waals surface area contributed by atoms with Crippen molar-refractivity contribution in [2.45, 2.75) is 38.0 Å². The van der Waals surface area contributed by atoms with Crippen LogP contribution in [-0.2, 0) is 0 Å². The molecule has 0 unspecified atom stereocenters. The number of amides is 1. The summed E-state index contributed by atoms with van der Waals surface area (Å²) < 4.78 is 27.1. The normalized spacial score (nSPS) is 14.9. The van der Waals surface area contributed by atoms with Gasteiger partial charge >= 0.3 is 0 Å². The Hall–Kier alpha value is -2.96. The van der Waals surface area contributed by atoms with Gasteiger partial charge in [-0.15, -0.1) is 0 Å². The van der Waals surface area contributed by atoms with Crippen molar-refractivity contribution in [2.75, 3.05) is 24.3 Å². The molecule has 1 fully saturated rings. The second kappa shape index (κ2) is 7.81. The van der Waals surface area contributed by atoms with E-state index in [0.29, 0.717) is 17.7 Å². The number of aromatic amines is 1. The highest BCUT2D eigenvalue weighted by Crippen LogP contribution is 2.35. The van der Waals surface area contributed by atoms with Crippen molar-refractivity contribution in [3.05, 3.63) is 53.4 Å². The molecule has 0 atom stereocenters. The smallest absolute Gasteiger partial charge is 0.258 e. The molecule has 2 aromatic carbocycles. The van der Waals surface area contributed by atoms with Gasteiger partial charge in [0.05, 0.1) is 28.0 Å². The molecular formula is C22H24F2N4O. The van der Waals surface area contributed by atoms with Crippen LogP contribution in [0.25, 0.3) is 11.0 Å². The average Bonchev–Trinajstić information content (AvgIpc) is 3.11. The van der Waals surface area contributed by atoms with Crippen LogP contribution < -0.4 is 10.2 Å². The number of carbonyl (C=O) groups excluding carboxylic acids is 1. The van der Waals surface area contributed by atoms with E-state index in [2.05, 4.69) is 10.3 Å². The van der Waals surface area contributed by atoms with Gasteiger partial charge in [0.2, 0.25) is 0 Å². The maximum absolute atomic E-state index is 14.0. The van der Waals surface area contributed by atoms with Crippen molar-refractivity contribution >= 4 is 28.3 Å². The Labute approximate surface area is 168 Å². The van der Waals surface area contributed by atoms with Gasteiger partial charge in [0, 0.05) is 26.1 Å². The van der Waals surface area contributed by atoms with E-state index in [9.17, 15) is 13.6 Å². The number of hydrogen-bond donors (Lipinski definition) is 2. The molecule has 4 rings (SSSR count). The van der Waals surface area contributed by atoms with Crippen LogP contribution in [-0.4, -0.2) is 30.0 Å². The van der Waals surface area contributed by atoms with E-state index in [-0.39, 0.29) is 5.56 Å². The molecule has 1 aromatic heterocycles. The summed E-state index contributed by atoms with van der Waals surface area (Å²) in [6.45, 7) is 0. The topological polar surface area (TPSA) is 61.0 Å². The van der Waals surface area contributed by atoms with Gasteiger partial charge in [-0.25, -0.2) is 13.8 Å². The highest BCUT2D eigenvalue weighted by molar-refractivity contribution is 6.07. The van der Waals surface area contributed by atoms with Crippen LogP contribution >= 0.6 is 0 Å². The molecule has 2 N–H and O–H groups in total. The molecule has 152 valence electrons. The van der Waals surface area contributed by atoms with E-state index in [1.165, 1.54) is 19.3 Å². The molecule has 1 saturated carbocycles. The summed E-state index contributed by atoms with van der Waals surface area (Å²) in [6, 6.07) is 6.65. The lowest BCUT2D eigenvalue weighted by Crippen LogP contribution is -2.18. The zero-order valence-electron chi connectivity index (χ0n) is 16.6. The number of rotatable bonds is 4. The number of fused-ring (bicyclic) bond motifs is 1. The molecule has 0 radical (unpaired) electrons. The summed E-state index contributed by atoms with van der Waals surface area (Å²) in [6.07, 6.45) is 5.98. The fraction of sp³-hybridized carbons (Fsp3) is 0.364. The van der Waals surface area contributed by atoms with Gasteiger partial charge in [-0.1, -0.05) is 19.3 Å². The van der Waals surface area contributed by atoms with Gasteiger partial charge < -0.3 is 15.2 Å². The molecule has 1 heterocycles. The summed E-state index contributed by atoms with van der Waals surface area (Å²) in [5.41, 5.74) is 2.75. The highest BCUT2D eigenvalue weighted by Gasteiger charge is 2.21. The molecule has 0 spiro atoms. The first kappa shape index (κ1) is 19.4. The Morgan fingerprint density at radius 1 is 1.14 bits per heavy atom. The lowest BCUT2D eigenvalue weighted by molar-refractivity contribution is 0.102. The number of anilines is 2. The average molecular weight is 398 g/mol. The molecular weight excluding hydrogens is 374 g/mol. The van der Waals surface area contributed by atoms with Gasteiger partial charge in [0.15, 0.2) is 0 Å². The van der Waals surface area contributed by atoms with Crippen LogP contribution in [0.4, 0.5) is 20.2 Å². The van der Waals surface area contributed by atoms with Crippen molar-refractivity contribution in [1.29, 1.82) is 0 Å². The van der Waals surface area contributed by atoms with Gasteiger partial charge in [0.1, 0.15) is 17.5 Å². The molecule has 7 heteroatoms. The number of hydrogen-bond acceptors (Lipinski definition) is 3. The SMILES string of the molecule is CN(C)c1cc2nc(C3CCCCC3)[nH]c2cc1NC(=O)c1ccc(F)cc1F. The summed E-state index contributed by atoms with van der Waals surface area (Å²) in [5.74, 6) is -0.821. The van der Waals surface area contributed by atoms with Crippen molar-refractivity contribution < 1.29 is 13.6 Å². The van der Waals surface area contributed by atoms with E-state index in [1.54, 1.807) is 0 Å². The minimum Gasteiger partial charge on any atom is -0.376 e. The Balaban J connectivity index is 1.68. The Kier molecular flexibility index (Phi) is 5.22. The second-order valence-electron chi connectivity index (χ2n) is 7.82. The van der Waals surface area contributed by atoms with Gasteiger partial charge in [-0.3, -0.25) is 4.79 Å². The molecule has 1 aliphatic carbocycles. The van der Waals surface area contributed by atoms with Crippen LogP contribution in [0.3, 0.4) is 0 Å². The number of aromatic nitrogens is 2. The number of benzene rings is 2. The molecule has 3 aromatic rings. The molecule has 0 bridgehead atoms. The molecule has 0 saturated heterocycles. The quantitative estimate of drug-likeness (QED) is 0.634. The summed E-state index contributed by atoms with van der Waals surface area (Å²) in [7, 11) is 3.73. The van der Waals surface area contributed by atoms with E-state index >= 15 is 0 Å². The van der Waals surface area contributed by atoms with E-state index in [4.69, 9.17) is 4.98 Å². The van der Waals surface area contributed by atoms with E-state index in [1.807, 2.05) is 31.1 Å². The van der Waals surface area contributed by atoms with Crippen LogP contribution in [0.15, 0.2) is 30.3 Å². The molecule has 29 heavy (non-hydrogen) atoms. The number of imidazole rings is 1. The molecule has 1 amide bonds. The van der Waals surface area contributed by atoms with Crippen molar-refractivity contribution in [2.24, 2.45) is 0 Å². The highest BCUT2D eigenvalue weighted by atomic mass is 19.1. The number of nitrogens with one attached hydrogen (secondary N) is 2. The van der Waals surface area contributed by atoms with E-state index in [0.717, 1.165) is 47.5 Å². The molecule has 1 aliphatic rings. The van der Waals surface area contributed by atoms with Crippen molar-refractivity contribution in [3.63, 3.8) is 0 Å². The van der Waals surface area contributed by atoms with Gasteiger partial charge in [-0.2, -0.15) is 0 Å². The fourth-order valence-corrected chi connectivity index (χ4v) is 3.97. The minimum absolute atomic E-state index is 0.205. The van der Waals surface area contributed by atoms with Crippen LogP contribution in [0, 0.1) is 11.6 Å². The Morgan fingerprint density at radius 2 is 1.90 bits per heavy atom. The first-order chi connectivity index (χ1) is 13.9. The third-order valence-corrected chi connectivity index (χ3v) is 5.52. The standard InChI is InChI=1S/C22H24F2N4O/c1-28(2)20-12-18-17(25-21(26-18)13-6-4-3-5-7-13)11-19(20)27-22(29)15-9-8-14(23)10-16(15)24/h8-13H,3-7H2,1-2H3,(H,25,26)(H,27,29). The third-order valence-electron chi connectivity index (χ3n) is 5.52. The zero-order valence-corrected chi connectivity index (χ0v) is 16.6. The third kappa shape index (κ3) is 3.95. The summed E-state index contributed by atoms with van der Waals surface area (Å²) >= 11 is 0. The number of halogens is 2. The minimum atomic E-state index is -0.892. The Morgan fingerprint density at radius 3 is 2.59 bits per heavy atom. The predicted octanol–water partition coefficient (Wildman–Crippen LogP) is 5.21. The van der Waals surface area contributed by atoms with Crippen molar-refractivity contribution in [3.8, 4) is 0 Å². The zero-order chi connectivity index (χ0) is 20.5. The maximum atomic E-state index is 14.0. The van der Waals surface area contributed by atoms with Crippen LogP contribution in [0.5, 0.6) is 0 Å². The lowest BCUT2D eigenvalue weighted by Gasteiger charge is -2.18. The number of carbonyl (C=O) groups is 1. The fourth-order valence-electron chi connectivity index (χ4n) is 3.97. The predicted molar refractivity (Wildman–Crippen MR) is 111 cm³/mol. The number of H-pyrrole nitrogens is 1. The summed E-state index contributed by atoms with van der Waals surface area (Å²) in [4.78, 5) is 22.6. The maximum Gasteiger partial charge on any atom is 0.258 e. The van der Waals surface area contributed by atoms with Crippen LogP contribution in [0.1, 0.15) is 54.2 Å². The van der Waals surface area contributed by atoms with Gasteiger partial charge in [0.25, 0.3) is 5.91 Å². The summed E-state index contributed by atoms with van der Waals surface area (Å²) in [5, 5.41) is 2.76. The number of nitrogens with zero attached hydrogens (tertiary/aromatic N) is 2. The largest absolute Gasteiger partial charge is 0.376 e. The first-order valence-electron chi connectivity index (χ1n) is 9.90. The van der Waals surface area contributed by atoms with E-state index < -0.39 is 17.5 Å². The second-order valence-corrected chi connectivity index (χ2v) is 7.82. The first-order valence-corrected chi connectivity index (χ1v) is 9.90. The van der Waals surface area contributed by atoms with Crippen LogP contribution in [0.2, 0.25) is 0 Å². The van der Waals surface area contributed by atoms with Crippen molar-refractivity contribution in [1.82, 2.24) is 9.97 Å². The van der Waals surface area contributed by atoms with Gasteiger partial charge in [-0.05, 0) is 37.1 Å². The monoisotopic (exact) mass is 398 g/mol. The molecule has 0 aliphatic heterocycles. The lowest BCUT2D eigenvalue weighted by atomic mass is 9.89.